The van der Waals surface area contributed by atoms with E-state index >= 15 is 0 Å². The Morgan fingerprint density at radius 2 is 1.67 bits per heavy atom. The first-order chi connectivity index (χ1) is 4.70. The van der Waals surface area contributed by atoms with Crippen LogP contribution in [0.25, 0.3) is 0 Å². The molecule has 1 radical (unpaired) electrons. The maximum atomic E-state index is 10.0. The molecule has 1 aromatic rings. The van der Waals surface area contributed by atoms with Crippen molar-refractivity contribution in [2.75, 3.05) is 0 Å². The van der Waals surface area contributed by atoms with Crippen LogP contribution in [-0.2, 0) is 0 Å². The molecule has 0 heterocycles. The number of phenolic OH excluding ortho intramolecular Hbond substituents is 1. The van der Waals surface area contributed by atoms with E-state index in [-0.39, 0.29) is 46.5 Å². The number of hydrogen-bond donors (Lipinski definition) is 1. The van der Waals surface area contributed by atoms with Crippen molar-refractivity contribution in [1.29, 1.82) is 0 Å². The van der Waals surface area contributed by atoms with E-state index in [9.17, 15) is 10.1 Å². The number of non-ortho nitro benzene ring substituents is 1. The molecule has 0 unspecified atom stereocenters. The summed E-state index contributed by atoms with van der Waals surface area (Å²) >= 11 is 0. The van der Waals surface area contributed by atoms with Crippen LogP contribution < -0.4 is 0 Å². The first kappa shape index (κ1) is 13.9. The summed E-state index contributed by atoms with van der Waals surface area (Å²) in [7, 11) is 0. The first-order valence-electron chi connectivity index (χ1n) is 2.63. The molecule has 12 heavy (non-hydrogen) atoms. The van der Waals surface area contributed by atoms with E-state index in [2.05, 4.69) is 0 Å². The molecule has 0 aliphatic rings. The number of nitro groups is 1. The molecule has 0 bridgehead atoms. The summed E-state index contributed by atoms with van der Waals surface area (Å²) in [6, 6.07) is 5.04. The molecular formula is C6H7NNaO4. The van der Waals surface area contributed by atoms with E-state index in [0.29, 0.717) is 0 Å². The fraction of sp³-hybridized carbons (Fsp3) is 0. The van der Waals surface area contributed by atoms with Gasteiger partial charge in [0.1, 0.15) is 5.75 Å². The molecule has 0 aliphatic carbocycles. The number of aromatic hydroxyl groups is 1. The molecule has 1 aromatic carbocycles. The first-order valence-corrected chi connectivity index (χ1v) is 2.63. The van der Waals surface area contributed by atoms with Crippen LogP contribution in [0.1, 0.15) is 0 Å². The van der Waals surface area contributed by atoms with E-state index in [1.807, 2.05) is 0 Å². The Hall–Kier alpha value is -0.620. The van der Waals surface area contributed by atoms with E-state index < -0.39 is 4.92 Å². The van der Waals surface area contributed by atoms with Crippen LogP contribution in [0.4, 0.5) is 5.69 Å². The molecule has 0 amide bonds. The summed E-state index contributed by atoms with van der Waals surface area (Å²) in [5, 5.41) is 18.8. The molecule has 6 heteroatoms. The topological polar surface area (TPSA) is 94.9 Å². The fourth-order valence-corrected chi connectivity index (χ4v) is 0.574. The molecule has 61 valence electrons. The third kappa shape index (κ3) is 3.68. The Kier molecular flexibility index (Phi) is 6.92. The largest absolute Gasteiger partial charge is 0.508 e. The van der Waals surface area contributed by atoms with E-state index in [1.165, 1.54) is 24.3 Å². The number of benzene rings is 1. The third-order valence-electron chi connectivity index (χ3n) is 1.06. The second-order valence-corrected chi connectivity index (χ2v) is 1.77. The van der Waals surface area contributed by atoms with Gasteiger partial charge >= 0.3 is 0 Å². The molecule has 0 saturated carbocycles. The summed E-state index contributed by atoms with van der Waals surface area (Å²) in [4.78, 5) is 9.52. The monoisotopic (exact) mass is 180 g/mol. The van der Waals surface area contributed by atoms with Gasteiger partial charge in [0.2, 0.25) is 0 Å². The van der Waals surface area contributed by atoms with E-state index in [4.69, 9.17) is 5.11 Å². The van der Waals surface area contributed by atoms with Crippen molar-refractivity contribution in [3.8, 4) is 5.75 Å². The van der Waals surface area contributed by atoms with Crippen molar-refractivity contribution in [1.82, 2.24) is 0 Å². The average molecular weight is 180 g/mol. The zero-order valence-corrected chi connectivity index (χ0v) is 8.52. The predicted octanol–water partition coefficient (Wildman–Crippen LogP) is 0.0949. The van der Waals surface area contributed by atoms with E-state index in [0.717, 1.165) is 0 Å². The third-order valence-corrected chi connectivity index (χ3v) is 1.06. The Bertz CT molecular complexity index is 248. The smallest absolute Gasteiger partial charge is 0.269 e. The Morgan fingerprint density at radius 3 is 2.00 bits per heavy atom. The SMILES string of the molecule is O.O=[N+]([O-])c1ccc(O)cc1.[Na]. The Morgan fingerprint density at radius 1 is 1.25 bits per heavy atom. The van der Waals surface area contributed by atoms with Crippen molar-refractivity contribution in [3.63, 3.8) is 0 Å². The van der Waals surface area contributed by atoms with Crippen molar-refractivity contribution >= 4 is 35.2 Å². The zero-order chi connectivity index (χ0) is 7.56. The number of nitro benzene ring substituents is 1. The van der Waals surface area contributed by atoms with Gasteiger partial charge in [-0.1, -0.05) is 0 Å². The van der Waals surface area contributed by atoms with Gasteiger partial charge in [0.25, 0.3) is 5.69 Å². The molecule has 0 spiro atoms. The second-order valence-electron chi connectivity index (χ2n) is 1.77. The molecule has 0 saturated heterocycles. The van der Waals surface area contributed by atoms with Crippen molar-refractivity contribution < 1.29 is 15.5 Å². The standard InChI is InChI=1S/C6H5NO3.Na.H2O/c8-6-3-1-5(2-4-6)7(9)10;;/h1-4,8H;;1H2. The van der Waals surface area contributed by atoms with Gasteiger partial charge in [-0.15, -0.1) is 0 Å². The van der Waals surface area contributed by atoms with Gasteiger partial charge < -0.3 is 10.6 Å². The van der Waals surface area contributed by atoms with Crippen molar-refractivity contribution in [2.24, 2.45) is 0 Å². The molecule has 0 aliphatic heterocycles. The van der Waals surface area contributed by atoms with Gasteiger partial charge in [-0.2, -0.15) is 0 Å². The summed E-state index contributed by atoms with van der Waals surface area (Å²) < 4.78 is 0. The van der Waals surface area contributed by atoms with Gasteiger partial charge in [-0.3, -0.25) is 10.1 Å². The normalized spacial score (nSPS) is 7.67. The molecular weight excluding hydrogens is 173 g/mol. The predicted molar refractivity (Wildman–Crippen MR) is 44.1 cm³/mol. The van der Waals surface area contributed by atoms with Crippen LogP contribution in [0.3, 0.4) is 0 Å². The number of nitrogens with zero attached hydrogens (tertiary/aromatic N) is 1. The van der Waals surface area contributed by atoms with Crippen LogP contribution in [0.2, 0.25) is 0 Å². The van der Waals surface area contributed by atoms with Crippen molar-refractivity contribution in [2.45, 2.75) is 0 Å². The molecule has 1 rings (SSSR count). The maximum absolute atomic E-state index is 10.0. The summed E-state index contributed by atoms with van der Waals surface area (Å²) in [5.74, 6) is 0.0330. The Labute approximate surface area is 90.8 Å². The summed E-state index contributed by atoms with van der Waals surface area (Å²) in [6.07, 6.45) is 0. The summed E-state index contributed by atoms with van der Waals surface area (Å²) in [5.41, 5.74) is -0.0159. The number of phenols is 1. The maximum Gasteiger partial charge on any atom is 0.269 e. The zero-order valence-electron chi connectivity index (χ0n) is 6.52. The molecule has 3 N–H and O–H groups in total. The molecule has 0 aromatic heterocycles. The minimum atomic E-state index is -0.514. The quantitative estimate of drug-likeness (QED) is 0.377. The van der Waals surface area contributed by atoms with Gasteiger partial charge in [-0.25, -0.2) is 0 Å². The average Bonchev–Trinajstić information content (AvgIpc) is 1.88. The van der Waals surface area contributed by atoms with Gasteiger partial charge in [0, 0.05) is 41.7 Å². The minimum Gasteiger partial charge on any atom is -0.508 e. The number of hydrogen-bond acceptors (Lipinski definition) is 3. The van der Waals surface area contributed by atoms with Gasteiger partial charge in [0.15, 0.2) is 0 Å². The fourth-order valence-electron chi connectivity index (χ4n) is 0.574. The molecule has 5 nitrogen and oxygen atoms in total. The Balaban J connectivity index is 0. The minimum absolute atomic E-state index is 0. The van der Waals surface area contributed by atoms with Gasteiger partial charge in [-0.05, 0) is 12.1 Å². The van der Waals surface area contributed by atoms with Crippen LogP contribution in [0, 0.1) is 10.1 Å². The number of rotatable bonds is 1. The van der Waals surface area contributed by atoms with Crippen molar-refractivity contribution in [3.05, 3.63) is 34.4 Å². The molecule has 0 fully saturated rings. The summed E-state index contributed by atoms with van der Waals surface area (Å²) in [6.45, 7) is 0. The van der Waals surface area contributed by atoms with E-state index in [1.54, 1.807) is 0 Å². The van der Waals surface area contributed by atoms with Crippen LogP contribution in [0.5, 0.6) is 5.75 Å². The van der Waals surface area contributed by atoms with Crippen LogP contribution in [-0.4, -0.2) is 45.1 Å². The van der Waals surface area contributed by atoms with Crippen LogP contribution >= 0.6 is 0 Å². The molecule has 0 atom stereocenters. The van der Waals surface area contributed by atoms with Gasteiger partial charge in [0.05, 0.1) is 4.92 Å². The van der Waals surface area contributed by atoms with Crippen LogP contribution in [0.15, 0.2) is 24.3 Å². The second kappa shape index (κ2) is 5.96.